The van der Waals surface area contributed by atoms with Crippen LogP contribution in [0.2, 0.25) is 0 Å². The molecule has 0 unspecified atom stereocenters. The Morgan fingerprint density at radius 2 is 0.421 bits per heavy atom. The van der Waals surface area contributed by atoms with Crippen LogP contribution >= 0.6 is 47.0 Å². The van der Waals surface area contributed by atoms with Crippen LogP contribution in [0.3, 0.4) is 0 Å². The lowest BCUT2D eigenvalue weighted by atomic mass is 9.94. The van der Waals surface area contributed by atoms with Crippen molar-refractivity contribution < 1.29 is 76.3 Å². The lowest BCUT2D eigenvalue weighted by Gasteiger charge is -2.20. The Morgan fingerprint density at radius 3 is 0.614 bits per heavy atom. The lowest BCUT2D eigenvalue weighted by molar-refractivity contribution is -0.159. The van der Waals surface area contributed by atoms with Gasteiger partial charge in [-0.15, -0.1) is 47.0 Å². The fourth-order valence-electron chi connectivity index (χ4n) is 16.4. The van der Waals surface area contributed by atoms with E-state index in [0.717, 1.165) is 154 Å². The maximum Gasteiger partial charge on any atom is 0.324 e. The van der Waals surface area contributed by atoms with Gasteiger partial charge in [0.15, 0.2) is 47.0 Å². The summed E-state index contributed by atoms with van der Waals surface area (Å²) in [6.07, 6.45) is 26.1. The minimum Gasteiger partial charge on any atom is -0.465 e. The number of aromatic amines is 2. The van der Waals surface area contributed by atoms with Gasteiger partial charge in [0.1, 0.15) is 22.6 Å². The molecule has 7 aromatic rings. The molecule has 2 aliphatic heterocycles. The van der Waals surface area contributed by atoms with Crippen molar-refractivity contribution in [3.63, 3.8) is 0 Å². The third-order valence-electron chi connectivity index (χ3n) is 24.6. The van der Waals surface area contributed by atoms with Crippen LogP contribution in [0.1, 0.15) is 307 Å². The van der Waals surface area contributed by atoms with Gasteiger partial charge in [0.25, 0.3) is 0 Å². The molecular formula is C108H158N12O16S4. The highest BCUT2D eigenvalue weighted by molar-refractivity contribution is 8.00. The van der Waals surface area contributed by atoms with Gasteiger partial charge in [0.2, 0.25) is 0 Å². The molecule has 2 aliphatic rings. The van der Waals surface area contributed by atoms with Crippen molar-refractivity contribution in [3.8, 4) is 45.6 Å². The number of rotatable bonds is 68. The Kier molecular flexibility index (Phi) is 50.9. The van der Waals surface area contributed by atoms with Crippen molar-refractivity contribution in [1.82, 2.24) is 59.5 Å². The zero-order valence-corrected chi connectivity index (χ0v) is 89.8. The first-order chi connectivity index (χ1) is 67.8. The number of benzene rings is 4. The molecule has 2 N–H and O–H groups in total. The maximum atomic E-state index is 15.4. The highest BCUT2D eigenvalue weighted by atomic mass is 32.2. The number of ether oxygens (including phenoxy) is 8. The van der Waals surface area contributed by atoms with Crippen LogP contribution in [0.15, 0.2) is 68.1 Å². The standard InChI is InChI=1S/C108H158N12O16S4/c1-17-25-33-41-53-129-101(121)89(102(122)130-54-42-34-26-18-2)81-65-73-77(69-85(81)137-61-49-117(9)10)97-109-93(73)113-98-78-70-86(138-62-50-118(11)12)82(90(103(123)131-55-43-35-27-19-3)104(124)132-56-44-36-28-20-4)66-74(78)95(110-98)115-100-80-72-88(140-64-52-120(15)16)84(92(107(127)135-59-47-39-31-23-7)108(128)136-60-48-40-32-24-8)68-76(80)96(112-100)116-99-79-71-87(139-63-51-119(13)14)83(67-75(79)94(111-99)114-97)91(105(125)133-57-45-37-29-21-5)106(126)134-58-46-38-30-22-6/h65-72,89-92H,17-64H2,1-16H3,(H2,109,110,111,112,113,114,115,116). The predicted octanol–water partition coefficient (Wildman–Crippen LogP) is 22.8. The van der Waals surface area contributed by atoms with Crippen LogP contribution in [0.25, 0.3) is 89.7 Å². The molecule has 770 valence electrons. The molecule has 5 heterocycles. The van der Waals surface area contributed by atoms with Gasteiger partial charge in [0.05, 0.1) is 52.9 Å². The summed E-state index contributed by atoms with van der Waals surface area (Å²) in [7, 11) is 15.8. The number of hydrogen-bond donors (Lipinski definition) is 2. The second-order valence-corrected chi connectivity index (χ2v) is 42.1. The number of aromatic nitrogens is 8. The summed E-state index contributed by atoms with van der Waals surface area (Å²) in [5.74, 6) is -10.3. The Morgan fingerprint density at radius 1 is 0.243 bits per heavy atom. The summed E-state index contributed by atoms with van der Waals surface area (Å²) in [6.45, 7) is 19.7. The van der Waals surface area contributed by atoms with E-state index < -0.39 is 71.4 Å². The number of unbranched alkanes of at least 4 members (excludes halogenated alkanes) is 24. The molecule has 0 fully saturated rings. The third kappa shape index (κ3) is 34.8. The van der Waals surface area contributed by atoms with Crippen molar-refractivity contribution in [2.45, 2.75) is 304 Å². The van der Waals surface area contributed by atoms with Crippen molar-refractivity contribution >= 4 is 139 Å². The second kappa shape index (κ2) is 62.0. The zero-order valence-electron chi connectivity index (χ0n) is 86.5. The molecule has 32 heteroatoms. The number of H-pyrrole nitrogens is 2. The molecule has 9 rings (SSSR count). The summed E-state index contributed by atoms with van der Waals surface area (Å²) >= 11 is 5.77. The van der Waals surface area contributed by atoms with Gasteiger partial charge in [-0.25, -0.2) is 29.9 Å². The van der Waals surface area contributed by atoms with Crippen molar-refractivity contribution in [2.75, 3.05) is 158 Å². The van der Waals surface area contributed by atoms with Gasteiger partial charge in [-0.1, -0.05) is 209 Å². The summed E-state index contributed by atoms with van der Waals surface area (Å²) < 4.78 is 49.6. The molecule has 0 saturated heterocycles. The van der Waals surface area contributed by atoms with E-state index in [0.29, 0.717) is 186 Å². The van der Waals surface area contributed by atoms with Crippen molar-refractivity contribution in [2.24, 2.45) is 0 Å². The predicted molar refractivity (Wildman–Crippen MR) is 565 cm³/mol. The number of esters is 8. The van der Waals surface area contributed by atoms with E-state index >= 15 is 38.4 Å². The summed E-state index contributed by atoms with van der Waals surface area (Å²) in [6, 6.07) is 14.7. The Bertz CT molecular complexity index is 4910. The minimum absolute atomic E-state index is 0.0658. The van der Waals surface area contributed by atoms with Crippen molar-refractivity contribution in [3.05, 3.63) is 70.8 Å². The van der Waals surface area contributed by atoms with E-state index in [1.54, 1.807) is 24.3 Å². The van der Waals surface area contributed by atoms with Crippen LogP contribution < -0.4 is 0 Å². The highest BCUT2D eigenvalue weighted by Gasteiger charge is 2.42. The SMILES string of the molecule is CCCCCCOC(=O)C(C(=O)OCCCCCC)c1cc2c(cc1SCCN(C)C)-c1nc-2nc2[nH]c(nc3nc(nc4[nH]c(n1)c1cc(C(C(=O)OCCCCCC)C(=O)OCCCCCC)c(SCCN(C)C)cc41)-c1cc(C(C(=O)OCCCCCC)C(=O)OCCCCCC)c(SCCN(C)C)cc1-3)c1cc(C(C(=O)OCCCCCC)C(=O)OCCCCCC)c(SCCN(C)C)cc21. The number of nitrogens with zero attached hydrogens (tertiary/aromatic N) is 10. The van der Waals surface area contributed by atoms with Crippen LogP contribution in [0, 0.1) is 0 Å². The van der Waals surface area contributed by atoms with Crippen LogP contribution in [0.5, 0.6) is 0 Å². The molecule has 28 nitrogen and oxygen atoms in total. The maximum absolute atomic E-state index is 15.4. The van der Waals surface area contributed by atoms with E-state index in [1.165, 1.54) is 47.0 Å². The van der Waals surface area contributed by atoms with Gasteiger partial charge in [-0.2, -0.15) is 0 Å². The van der Waals surface area contributed by atoms with Gasteiger partial charge in [-0.05, 0) is 179 Å². The lowest BCUT2D eigenvalue weighted by Crippen LogP contribution is -2.27. The van der Waals surface area contributed by atoms with Crippen LogP contribution in [-0.4, -0.2) is 266 Å². The Hall–Kier alpha value is -8.76. The fraction of sp³-hybridized carbons (Fsp3) is 0.630. The quantitative estimate of drug-likeness (QED) is 0.0118. The average molecular weight is 2010 g/mol. The molecule has 0 spiro atoms. The molecule has 0 aliphatic carbocycles. The van der Waals surface area contributed by atoms with Gasteiger partial charge < -0.3 is 67.5 Å². The van der Waals surface area contributed by atoms with Crippen LogP contribution in [0.4, 0.5) is 0 Å². The number of fused-ring (bicyclic) bond motifs is 20. The molecule has 0 atom stereocenters. The number of carbonyl (C=O) groups excluding carboxylic acids is 8. The zero-order chi connectivity index (χ0) is 101. The molecule has 4 aromatic carbocycles. The van der Waals surface area contributed by atoms with Gasteiger partial charge in [0, 0.05) is 113 Å². The van der Waals surface area contributed by atoms with Gasteiger partial charge in [-0.3, -0.25) is 38.4 Å². The van der Waals surface area contributed by atoms with E-state index in [1.807, 2.05) is 80.6 Å². The largest absolute Gasteiger partial charge is 0.465 e. The number of carbonyl (C=O) groups is 8. The Balaban J connectivity index is 1.55. The average Bonchev–Trinajstić information content (AvgIpc) is 1.58. The topological polar surface area (TPSA) is 332 Å². The van der Waals surface area contributed by atoms with E-state index in [2.05, 4.69) is 85.0 Å². The first-order valence-electron chi connectivity index (χ1n) is 51.8. The first-order valence-corrected chi connectivity index (χ1v) is 55.8. The molecule has 0 saturated carbocycles. The summed E-state index contributed by atoms with van der Waals surface area (Å²) in [5, 5.41) is 1.67. The third-order valence-corrected chi connectivity index (χ3v) is 28.8. The molecule has 0 radical (unpaired) electrons. The van der Waals surface area contributed by atoms with Crippen LogP contribution in [-0.2, 0) is 76.3 Å². The van der Waals surface area contributed by atoms with Gasteiger partial charge >= 0.3 is 47.8 Å². The fourth-order valence-corrected chi connectivity index (χ4v) is 21.3. The minimum atomic E-state index is -1.59. The number of thioether (sulfide) groups is 4. The normalized spacial score (nSPS) is 11.9. The molecule has 8 bridgehead atoms. The Labute approximate surface area is 848 Å². The monoisotopic (exact) mass is 2010 g/mol. The number of nitrogens with one attached hydrogen (secondary N) is 2. The molecule has 3 aromatic heterocycles. The smallest absolute Gasteiger partial charge is 0.324 e. The summed E-state index contributed by atoms with van der Waals surface area (Å²) in [4.78, 5) is 174. The highest BCUT2D eigenvalue weighted by Crippen LogP contribution is 2.48. The first kappa shape index (κ1) is 115. The van der Waals surface area contributed by atoms with Crippen molar-refractivity contribution in [1.29, 1.82) is 0 Å². The van der Waals surface area contributed by atoms with E-state index in [9.17, 15) is 0 Å². The molecular weight excluding hydrogens is 1850 g/mol. The number of hydrogen-bond acceptors (Lipinski definition) is 30. The van der Waals surface area contributed by atoms with E-state index in [4.69, 9.17) is 67.8 Å². The molecule has 140 heavy (non-hydrogen) atoms. The second-order valence-electron chi connectivity index (χ2n) is 37.5. The van der Waals surface area contributed by atoms with E-state index in [-0.39, 0.29) is 98.7 Å². The molecule has 0 amide bonds. The summed E-state index contributed by atoms with van der Waals surface area (Å²) in [5.41, 5.74) is 3.45.